The molecule has 2 aromatic carbocycles. The van der Waals surface area contributed by atoms with E-state index in [2.05, 4.69) is 4.72 Å². The number of rotatable bonds is 5. The average Bonchev–Trinajstić information content (AvgIpc) is 2.46. The Kier molecular flexibility index (Phi) is 5.26. The minimum Gasteiger partial charge on any atom is -0.478 e. The summed E-state index contributed by atoms with van der Waals surface area (Å²) in [5, 5.41) is 9.37. The number of aromatic carboxylic acids is 1. The summed E-state index contributed by atoms with van der Waals surface area (Å²) in [7, 11) is -4.28. The van der Waals surface area contributed by atoms with E-state index in [1.165, 1.54) is 12.1 Å². The lowest BCUT2D eigenvalue weighted by Gasteiger charge is -2.10. The number of hydrogen-bond acceptors (Lipinski definition) is 3. The van der Waals surface area contributed by atoms with Gasteiger partial charge in [0.15, 0.2) is 0 Å². The molecule has 0 saturated heterocycles. The van der Waals surface area contributed by atoms with E-state index in [0.29, 0.717) is 5.56 Å². The van der Waals surface area contributed by atoms with Crippen LogP contribution in [0.2, 0.25) is 10.0 Å². The van der Waals surface area contributed by atoms with E-state index in [9.17, 15) is 17.6 Å². The molecule has 0 unspecified atom stereocenters. The lowest BCUT2D eigenvalue weighted by Crippen LogP contribution is -2.25. The van der Waals surface area contributed by atoms with Gasteiger partial charge < -0.3 is 5.11 Å². The SMILES string of the molecule is O=C(O)c1ccc(F)c(S(=O)(=O)NCc2c(Cl)cccc2Cl)c1. The molecular formula is C14H10Cl2FNO4S. The highest BCUT2D eigenvalue weighted by molar-refractivity contribution is 7.89. The van der Waals surface area contributed by atoms with E-state index in [-0.39, 0.29) is 22.2 Å². The summed E-state index contributed by atoms with van der Waals surface area (Å²) in [6, 6.07) is 7.15. The average molecular weight is 378 g/mol. The summed E-state index contributed by atoms with van der Waals surface area (Å²) >= 11 is 11.9. The fourth-order valence-electron chi connectivity index (χ4n) is 1.79. The second-order valence-corrected chi connectivity index (χ2v) is 7.02. The molecule has 0 amide bonds. The smallest absolute Gasteiger partial charge is 0.335 e. The number of nitrogens with one attached hydrogen (secondary N) is 1. The molecule has 0 saturated carbocycles. The molecule has 2 aromatic rings. The summed E-state index contributed by atoms with van der Waals surface area (Å²) in [6.07, 6.45) is 0. The van der Waals surface area contributed by atoms with Crippen LogP contribution in [0.15, 0.2) is 41.3 Å². The summed E-state index contributed by atoms with van der Waals surface area (Å²) in [4.78, 5) is 10.1. The van der Waals surface area contributed by atoms with Gasteiger partial charge in [0, 0.05) is 22.2 Å². The molecule has 9 heteroatoms. The van der Waals surface area contributed by atoms with E-state index in [1.807, 2.05) is 0 Å². The Labute approximate surface area is 141 Å². The van der Waals surface area contributed by atoms with Crippen LogP contribution in [0.5, 0.6) is 0 Å². The highest BCUT2D eigenvalue weighted by Gasteiger charge is 2.21. The third-order valence-electron chi connectivity index (χ3n) is 2.97. The second-order valence-electron chi connectivity index (χ2n) is 4.48. The Morgan fingerprint density at radius 1 is 1.17 bits per heavy atom. The van der Waals surface area contributed by atoms with Gasteiger partial charge in [0.1, 0.15) is 10.7 Å². The summed E-state index contributed by atoms with van der Waals surface area (Å²) in [6.45, 7) is -0.266. The second kappa shape index (κ2) is 6.84. The number of carboxylic acids is 1. The van der Waals surface area contributed by atoms with Crippen molar-refractivity contribution in [3.05, 3.63) is 63.4 Å². The first-order valence-electron chi connectivity index (χ1n) is 6.18. The molecule has 0 aromatic heterocycles. The zero-order chi connectivity index (χ0) is 17.2. The number of benzene rings is 2. The highest BCUT2D eigenvalue weighted by Crippen LogP contribution is 2.25. The fraction of sp³-hybridized carbons (Fsp3) is 0.0714. The van der Waals surface area contributed by atoms with Gasteiger partial charge >= 0.3 is 5.97 Å². The van der Waals surface area contributed by atoms with Gasteiger partial charge in [0.2, 0.25) is 10.0 Å². The summed E-state index contributed by atoms with van der Waals surface area (Å²) < 4.78 is 40.3. The van der Waals surface area contributed by atoms with E-state index in [4.69, 9.17) is 28.3 Å². The van der Waals surface area contributed by atoms with E-state index < -0.39 is 26.7 Å². The molecule has 0 atom stereocenters. The van der Waals surface area contributed by atoms with Crippen LogP contribution in [-0.4, -0.2) is 19.5 Å². The van der Waals surface area contributed by atoms with Crippen molar-refractivity contribution in [2.24, 2.45) is 0 Å². The van der Waals surface area contributed by atoms with Crippen LogP contribution in [0.4, 0.5) is 4.39 Å². The normalized spacial score (nSPS) is 11.4. The number of hydrogen-bond donors (Lipinski definition) is 2. The molecule has 2 N–H and O–H groups in total. The minimum absolute atomic E-state index is 0.250. The van der Waals surface area contributed by atoms with E-state index in [0.717, 1.165) is 18.2 Å². The van der Waals surface area contributed by atoms with Crippen molar-refractivity contribution >= 4 is 39.2 Å². The molecular weight excluding hydrogens is 368 g/mol. The maximum atomic E-state index is 13.7. The molecule has 0 aliphatic rings. The zero-order valence-electron chi connectivity index (χ0n) is 11.4. The van der Waals surface area contributed by atoms with Crippen molar-refractivity contribution < 1.29 is 22.7 Å². The van der Waals surface area contributed by atoms with Gasteiger partial charge in [-0.3, -0.25) is 0 Å². The molecule has 23 heavy (non-hydrogen) atoms. The van der Waals surface area contributed by atoms with Crippen molar-refractivity contribution in [2.75, 3.05) is 0 Å². The molecule has 5 nitrogen and oxygen atoms in total. The Hall–Kier alpha value is -1.67. The molecule has 0 heterocycles. The third kappa shape index (κ3) is 4.00. The van der Waals surface area contributed by atoms with Crippen molar-refractivity contribution in [1.82, 2.24) is 4.72 Å². The van der Waals surface area contributed by atoms with Crippen LogP contribution in [0, 0.1) is 5.82 Å². The Morgan fingerprint density at radius 2 is 1.78 bits per heavy atom. The Balaban J connectivity index is 2.33. The minimum atomic E-state index is -4.28. The third-order valence-corrected chi connectivity index (χ3v) is 5.09. The molecule has 2 rings (SSSR count). The quantitative estimate of drug-likeness (QED) is 0.836. The lowest BCUT2D eigenvalue weighted by molar-refractivity contribution is 0.0696. The van der Waals surface area contributed by atoms with Crippen molar-refractivity contribution in [3.63, 3.8) is 0 Å². The van der Waals surface area contributed by atoms with Crippen molar-refractivity contribution in [3.8, 4) is 0 Å². The topological polar surface area (TPSA) is 83.5 Å². The molecule has 0 aliphatic heterocycles. The summed E-state index contributed by atoms with van der Waals surface area (Å²) in [5.41, 5.74) is -0.0169. The van der Waals surface area contributed by atoms with Crippen LogP contribution in [-0.2, 0) is 16.6 Å². The largest absolute Gasteiger partial charge is 0.478 e. The lowest BCUT2D eigenvalue weighted by atomic mass is 10.2. The molecule has 0 bridgehead atoms. The van der Waals surface area contributed by atoms with E-state index in [1.54, 1.807) is 6.07 Å². The molecule has 0 aliphatic carbocycles. The Bertz CT molecular complexity index is 851. The first kappa shape index (κ1) is 17.7. The first-order valence-corrected chi connectivity index (χ1v) is 8.41. The van der Waals surface area contributed by atoms with Gasteiger partial charge in [-0.2, -0.15) is 0 Å². The monoisotopic (exact) mass is 377 g/mol. The number of sulfonamides is 1. The molecule has 0 radical (unpaired) electrons. The fourth-order valence-corrected chi connectivity index (χ4v) is 3.42. The zero-order valence-corrected chi connectivity index (χ0v) is 13.7. The number of carbonyl (C=O) groups is 1. The van der Waals surface area contributed by atoms with Crippen LogP contribution in [0.1, 0.15) is 15.9 Å². The van der Waals surface area contributed by atoms with Gasteiger partial charge in [-0.25, -0.2) is 22.3 Å². The maximum Gasteiger partial charge on any atom is 0.335 e. The maximum absolute atomic E-state index is 13.7. The van der Waals surface area contributed by atoms with Crippen LogP contribution < -0.4 is 4.72 Å². The standard InChI is InChI=1S/C14H10Cl2FNO4S/c15-10-2-1-3-11(16)9(10)7-18-23(21,22)13-6-8(14(19)20)4-5-12(13)17/h1-6,18H,7H2,(H,19,20). The molecule has 0 spiro atoms. The van der Waals surface area contributed by atoms with Crippen molar-refractivity contribution in [2.45, 2.75) is 11.4 Å². The van der Waals surface area contributed by atoms with Gasteiger partial charge in [-0.05, 0) is 30.3 Å². The van der Waals surface area contributed by atoms with Gasteiger partial charge in [0.25, 0.3) is 0 Å². The van der Waals surface area contributed by atoms with E-state index >= 15 is 0 Å². The van der Waals surface area contributed by atoms with Gasteiger partial charge in [0.05, 0.1) is 5.56 Å². The van der Waals surface area contributed by atoms with Gasteiger partial charge in [-0.1, -0.05) is 29.3 Å². The first-order chi connectivity index (χ1) is 10.7. The highest BCUT2D eigenvalue weighted by atomic mass is 35.5. The van der Waals surface area contributed by atoms with Crippen molar-refractivity contribution in [1.29, 1.82) is 0 Å². The Morgan fingerprint density at radius 3 is 2.35 bits per heavy atom. The molecule has 0 fully saturated rings. The number of carboxylic acid groups (broad SMARTS) is 1. The van der Waals surface area contributed by atoms with Gasteiger partial charge in [-0.15, -0.1) is 0 Å². The van der Waals surface area contributed by atoms with Crippen LogP contribution in [0.25, 0.3) is 0 Å². The number of halogens is 3. The molecule has 122 valence electrons. The predicted octanol–water partition coefficient (Wildman–Crippen LogP) is 3.31. The summed E-state index contributed by atoms with van der Waals surface area (Å²) in [5.74, 6) is -2.43. The van der Waals surface area contributed by atoms with Crippen LogP contribution in [0.3, 0.4) is 0 Å². The van der Waals surface area contributed by atoms with Crippen LogP contribution >= 0.6 is 23.2 Å². The predicted molar refractivity (Wildman–Crippen MR) is 83.8 cm³/mol.